The molecule has 8 heteroatoms. The third kappa shape index (κ3) is 3.73. The monoisotopic (exact) mass is 586 g/mol. The van der Waals surface area contributed by atoms with Gasteiger partial charge in [-0.25, -0.2) is 0 Å². The van der Waals surface area contributed by atoms with E-state index in [4.69, 9.17) is 14.2 Å². The number of ketones is 2. The van der Waals surface area contributed by atoms with Crippen LogP contribution in [-0.2, 0) is 10.2 Å². The molecule has 3 aliphatic heterocycles. The number of carbonyl (C=O) groups is 3. The first-order valence-corrected chi connectivity index (χ1v) is 14.3. The van der Waals surface area contributed by atoms with Crippen molar-refractivity contribution >= 4 is 29.2 Å². The molecule has 0 unspecified atom stereocenters. The van der Waals surface area contributed by atoms with Gasteiger partial charge in [0, 0.05) is 18.0 Å². The highest BCUT2D eigenvalue weighted by Gasteiger charge is 2.71. The Morgan fingerprint density at radius 3 is 2.27 bits per heavy atom. The summed E-state index contributed by atoms with van der Waals surface area (Å²) in [7, 11) is 4.52. The number of amides is 1. The molecular weight excluding hydrogens is 556 g/mol. The molecule has 3 heterocycles. The fourth-order valence-corrected chi connectivity index (χ4v) is 7.34. The second-order valence-electron chi connectivity index (χ2n) is 11.1. The first-order valence-electron chi connectivity index (χ1n) is 14.3. The number of anilines is 1. The average Bonchev–Trinajstić information content (AvgIpc) is 3.55. The number of methoxy groups -OCH3 is 3. The number of benzene rings is 4. The number of para-hydroxylation sites is 2. The number of rotatable bonds is 7. The maximum Gasteiger partial charge on any atom is 0.238 e. The molecule has 0 bridgehead atoms. The minimum atomic E-state index is -1.46. The first kappa shape index (κ1) is 27.5. The molecule has 4 aromatic carbocycles. The second-order valence-corrected chi connectivity index (χ2v) is 11.1. The normalized spacial score (nSPS) is 22.6. The van der Waals surface area contributed by atoms with Crippen molar-refractivity contribution in [2.75, 3.05) is 26.6 Å². The summed E-state index contributed by atoms with van der Waals surface area (Å²) < 4.78 is 16.7. The maximum absolute atomic E-state index is 15.2. The van der Waals surface area contributed by atoms with Crippen molar-refractivity contribution in [3.8, 4) is 17.2 Å². The lowest BCUT2D eigenvalue weighted by Crippen LogP contribution is -2.49. The van der Waals surface area contributed by atoms with E-state index in [0.717, 1.165) is 11.1 Å². The zero-order chi connectivity index (χ0) is 30.6. The standard InChI is InChI=1S/C36H30N2O6/c1-42-22-16-17-25(29(20-22)44-3)32(39)30-31(33(40)24-12-6-9-15-28(24)43-2)38-19-18-21-10-4-5-11-23(21)34(38)36(30)26-13-7-8-14-27(26)37-35(36)41/h4-20,30-31,34H,1-3H3,(H,37,41)/t30-,31+,34+,36+/m0/s1. The van der Waals surface area contributed by atoms with Crippen LogP contribution >= 0.6 is 0 Å². The summed E-state index contributed by atoms with van der Waals surface area (Å²) in [5.41, 5.74) is 2.20. The van der Waals surface area contributed by atoms with E-state index in [2.05, 4.69) is 5.32 Å². The van der Waals surface area contributed by atoms with E-state index >= 15 is 4.79 Å². The Bertz CT molecular complexity index is 1870. The fourth-order valence-electron chi connectivity index (χ4n) is 7.34. The lowest BCUT2D eigenvalue weighted by Gasteiger charge is -2.38. The summed E-state index contributed by atoms with van der Waals surface area (Å²) in [5, 5.41) is 3.07. The van der Waals surface area contributed by atoms with Crippen molar-refractivity contribution in [1.82, 2.24) is 4.90 Å². The summed E-state index contributed by atoms with van der Waals surface area (Å²) in [4.78, 5) is 46.6. The van der Waals surface area contributed by atoms with Gasteiger partial charge in [0.2, 0.25) is 5.91 Å². The molecule has 1 spiro atoms. The van der Waals surface area contributed by atoms with Crippen LogP contribution in [0.5, 0.6) is 17.2 Å². The van der Waals surface area contributed by atoms with Gasteiger partial charge in [-0.1, -0.05) is 54.6 Å². The Kier molecular flexibility index (Phi) is 6.50. The highest BCUT2D eigenvalue weighted by atomic mass is 16.5. The second kappa shape index (κ2) is 10.4. The number of carbonyl (C=O) groups excluding carboxylic acids is 3. The summed E-state index contributed by atoms with van der Waals surface area (Å²) in [6, 6.07) is 25.4. The predicted octanol–water partition coefficient (Wildman–Crippen LogP) is 5.69. The van der Waals surface area contributed by atoms with Gasteiger partial charge >= 0.3 is 0 Å². The van der Waals surface area contributed by atoms with Crippen molar-refractivity contribution in [1.29, 1.82) is 0 Å². The van der Waals surface area contributed by atoms with Gasteiger partial charge < -0.3 is 24.4 Å². The van der Waals surface area contributed by atoms with Crippen LogP contribution in [0.3, 0.4) is 0 Å². The smallest absolute Gasteiger partial charge is 0.238 e. The number of hydrogen-bond donors (Lipinski definition) is 1. The van der Waals surface area contributed by atoms with E-state index < -0.39 is 23.4 Å². The number of hydrogen-bond acceptors (Lipinski definition) is 7. The van der Waals surface area contributed by atoms with Crippen LogP contribution in [0.15, 0.2) is 97.2 Å². The van der Waals surface area contributed by atoms with E-state index in [-0.39, 0.29) is 23.0 Å². The minimum absolute atomic E-state index is 0.254. The molecule has 0 radical (unpaired) electrons. The summed E-state index contributed by atoms with van der Waals surface area (Å²) in [5.74, 6) is -0.992. The molecule has 0 saturated carbocycles. The van der Waals surface area contributed by atoms with Crippen molar-refractivity contribution in [3.63, 3.8) is 0 Å². The number of ether oxygens (including phenoxy) is 3. The fraction of sp³-hybridized carbons (Fsp3) is 0.194. The average molecular weight is 587 g/mol. The number of nitrogens with zero attached hydrogens (tertiary/aromatic N) is 1. The topological polar surface area (TPSA) is 94.2 Å². The van der Waals surface area contributed by atoms with Gasteiger partial charge in [0.15, 0.2) is 11.6 Å². The molecule has 8 nitrogen and oxygen atoms in total. The van der Waals surface area contributed by atoms with Gasteiger partial charge in [-0.15, -0.1) is 0 Å². The lowest BCUT2D eigenvalue weighted by molar-refractivity contribution is -0.122. The highest BCUT2D eigenvalue weighted by molar-refractivity contribution is 6.17. The predicted molar refractivity (Wildman–Crippen MR) is 165 cm³/mol. The molecule has 3 aliphatic rings. The Balaban J connectivity index is 1.55. The van der Waals surface area contributed by atoms with Crippen molar-refractivity contribution in [2.24, 2.45) is 5.92 Å². The van der Waals surface area contributed by atoms with E-state index in [9.17, 15) is 9.59 Å². The van der Waals surface area contributed by atoms with Gasteiger partial charge in [-0.05, 0) is 53.1 Å². The Morgan fingerprint density at radius 1 is 0.773 bits per heavy atom. The largest absolute Gasteiger partial charge is 0.497 e. The van der Waals surface area contributed by atoms with Crippen LogP contribution in [0.1, 0.15) is 43.4 Å². The maximum atomic E-state index is 15.2. The number of Topliss-reactive ketones (excluding diaryl/α,β-unsaturated/α-hetero) is 2. The van der Waals surface area contributed by atoms with Crippen LogP contribution in [0.4, 0.5) is 5.69 Å². The lowest BCUT2D eigenvalue weighted by atomic mass is 9.62. The summed E-state index contributed by atoms with van der Waals surface area (Å²) in [6.07, 6.45) is 3.78. The van der Waals surface area contributed by atoms with Gasteiger partial charge in [-0.3, -0.25) is 14.4 Å². The molecular formula is C36H30N2O6. The molecule has 0 aromatic heterocycles. The molecule has 44 heavy (non-hydrogen) atoms. The zero-order valence-corrected chi connectivity index (χ0v) is 24.4. The van der Waals surface area contributed by atoms with Gasteiger partial charge in [0.05, 0.1) is 44.4 Å². The van der Waals surface area contributed by atoms with Crippen LogP contribution in [-0.4, -0.2) is 49.7 Å². The van der Waals surface area contributed by atoms with Gasteiger partial charge in [0.25, 0.3) is 0 Å². The molecule has 4 aromatic rings. The minimum Gasteiger partial charge on any atom is -0.497 e. The van der Waals surface area contributed by atoms with E-state index in [0.29, 0.717) is 34.1 Å². The third-order valence-corrected chi connectivity index (χ3v) is 9.17. The number of fused-ring (bicyclic) bond motifs is 6. The quantitative estimate of drug-likeness (QED) is 0.278. The van der Waals surface area contributed by atoms with E-state index in [1.54, 1.807) is 42.5 Å². The summed E-state index contributed by atoms with van der Waals surface area (Å²) in [6.45, 7) is 0. The van der Waals surface area contributed by atoms with Crippen molar-refractivity contribution in [3.05, 3.63) is 125 Å². The molecule has 220 valence electrons. The van der Waals surface area contributed by atoms with Crippen molar-refractivity contribution in [2.45, 2.75) is 17.5 Å². The van der Waals surface area contributed by atoms with Crippen LogP contribution in [0.25, 0.3) is 6.08 Å². The Hall–Kier alpha value is -5.37. The van der Waals surface area contributed by atoms with Crippen LogP contribution in [0.2, 0.25) is 0 Å². The van der Waals surface area contributed by atoms with Gasteiger partial charge in [0.1, 0.15) is 28.7 Å². The Morgan fingerprint density at radius 2 is 1.48 bits per heavy atom. The first-order chi connectivity index (χ1) is 21.4. The number of nitrogens with one attached hydrogen (secondary N) is 1. The molecule has 0 aliphatic carbocycles. The SMILES string of the molecule is COc1ccc(C(=O)[C@@H]2[C@H](C(=O)c3ccccc3OC)N3C=Cc4ccccc4[C@@H]3[C@]23C(=O)Nc2ccccc23)c(OC)c1. The zero-order valence-electron chi connectivity index (χ0n) is 24.4. The molecule has 1 fully saturated rings. The molecule has 1 amide bonds. The third-order valence-electron chi connectivity index (χ3n) is 9.17. The molecule has 1 N–H and O–H groups in total. The van der Waals surface area contributed by atoms with E-state index in [1.165, 1.54) is 21.3 Å². The molecule has 1 saturated heterocycles. The molecule has 4 atom stereocenters. The molecule has 7 rings (SSSR count). The van der Waals surface area contributed by atoms with Crippen LogP contribution in [0, 0.1) is 5.92 Å². The van der Waals surface area contributed by atoms with Crippen molar-refractivity contribution < 1.29 is 28.6 Å². The van der Waals surface area contributed by atoms with Crippen LogP contribution < -0.4 is 19.5 Å². The van der Waals surface area contributed by atoms with E-state index in [1.807, 2.05) is 65.7 Å². The highest BCUT2D eigenvalue weighted by Crippen LogP contribution is 2.62. The van der Waals surface area contributed by atoms with Gasteiger partial charge in [-0.2, -0.15) is 0 Å². The summed E-state index contributed by atoms with van der Waals surface area (Å²) >= 11 is 0. The Labute approximate surface area is 254 Å².